The molecule has 0 atom stereocenters. The van der Waals surface area contributed by atoms with Gasteiger partial charge in [-0.3, -0.25) is 4.79 Å². The van der Waals surface area contributed by atoms with Crippen LogP contribution < -0.4 is 14.8 Å². The maximum atomic E-state index is 13.2. The van der Waals surface area contributed by atoms with Crippen molar-refractivity contribution >= 4 is 29.3 Å². The fraction of sp³-hybridized carbons (Fsp3) is 0.154. The lowest BCUT2D eigenvalue weighted by atomic mass is 10.1. The maximum absolute atomic E-state index is 13.2. The lowest BCUT2D eigenvalue weighted by Gasteiger charge is -2.14. The lowest BCUT2D eigenvalue weighted by Crippen LogP contribution is -2.17. The van der Waals surface area contributed by atoms with Crippen molar-refractivity contribution in [3.05, 3.63) is 94.0 Å². The van der Waals surface area contributed by atoms with Crippen LogP contribution in [-0.4, -0.2) is 12.5 Å². The molecule has 0 aromatic heterocycles. The molecule has 3 rings (SSSR count). The first-order valence-electron chi connectivity index (χ1n) is 10.5. The Morgan fingerprint density at radius 2 is 1.77 bits per heavy atom. The van der Waals surface area contributed by atoms with E-state index in [1.807, 2.05) is 18.2 Å². The lowest BCUT2D eigenvalue weighted by molar-refractivity contribution is -0.137. The molecule has 0 saturated heterocycles. The largest absolute Gasteiger partial charge is 0.490 e. The van der Waals surface area contributed by atoms with Gasteiger partial charge in [-0.1, -0.05) is 48.0 Å². The van der Waals surface area contributed by atoms with Crippen molar-refractivity contribution in [1.82, 2.24) is 0 Å². The van der Waals surface area contributed by atoms with Gasteiger partial charge in [-0.2, -0.15) is 18.4 Å². The summed E-state index contributed by atoms with van der Waals surface area (Å²) in [7, 11) is 0. The molecule has 0 radical (unpaired) electrons. The zero-order valence-corrected chi connectivity index (χ0v) is 19.3. The van der Waals surface area contributed by atoms with Crippen LogP contribution >= 0.6 is 11.6 Å². The fourth-order valence-electron chi connectivity index (χ4n) is 3.12. The summed E-state index contributed by atoms with van der Waals surface area (Å²) in [6, 6.07) is 18.3. The van der Waals surface area contributed by atoms with Gasteiger partial charge < -0.3 is 14.8 Å². The van der Waals surface area contributed by atoms with E-state index in [0.717, 1.165) is 17.7 Å². The third-order valence-corrected chi connectivity index (χ3v) is 5.13. The molecule has 180 valence electrons. The highest BCUT2D eigenvalue weighted by atomic mass is 35.5. The van der Waals surface area contributed by atoms with Gasteiger partial charge in [0.15, 0.2) is 11.5 Å². The van der Waals surface area contributed by atoms with Crippen molar-refractivity contribution in [2.75, 3.05) is 11.9 Å². The number of carbonyl (C=O) groups is 1. The summed E-state index contributed by atoms with van der Waals surface area (Å²) in [5.41, 5.74) is -0.625. The predicted molar refractivity (Wildman–Crippen MR) is 127 cm³/mol. The Morgan fingerprint density at radius 3 is 2.46 bits per heavy atom. The highest BCUT2D eigenvalue weighted by molar-refractivity contribution is 6.31. The summed E-state index contributed by atoms with van der Waals surface area (Å²) in [4.78, 5) is 12.6. The average Bonchev–Trinajstić information content (AvgIpc) is 2.82. The monoisotopic (exact) mass is 500 g/mol. The van der Waals surface area contributed by atoms with E-state index in [1.165, 1.54) is 18.2 Å². The molecule has 1 amide bonds. The molecular formula is C26H20ClF3N2O3. The Kier molecular flexibility index (Phi) is 8.39. The SMILES string of the molecule is CCOc1cc(/C=C(\C#N)C(=O)Nc2ccccc2C(F)(F)F)ccc1OCc1ccccc1Cl. The molecule has 0 heterocycles. The summed E-state index contributed by atoms with van der Waals surface area (Å²) in [6.45, 7) is 2.31. The zero-order chi connectivity index (χ0) is 25.4. The van der Waals surface area contributed by atoms with Gasteiger partial charge in [-0.15, -0.1) is 0 Å². The van der Waals surface area contributed by atoms with Gasteiger partial charge in [0.1, 0.15) is 18.2 Å². The van der Waals surface area contributed by atoms with Crippen LogP contribution in [0.4, 0.5) is 18.9 Å². The van der Waals surface area contributed by atoms with Crippen molar-refractivity contribution in [1.29, 1.82) is 5.26 Å². The van der Waals surface area contributed by atoms with Gasteiger partial charge in [-0.25, -0.2) is 0 Å². The first kappa shape index (κ1) is 25.7. The normalized spacial score (nSPS) is 11.5. The van der Waals surface area contributed by atoms with Crippen molar-refractivity contribution < 1.29 is 27.4 Å². The van der Waals surface area contributed by atoms with E-state index in [4.69, 9.17) is 21.1 Å². The third-order valence-electron chi connectivity index (χ3n) is 4.77. The first-order chi connectivity index (χ1) is 16.7. The standard InChI is InChI=1S/C26H20ClF3N2O3/c1-2-34-24-14-17(11-12-23(24)35-16-18-7-3-5-9-21(18)27)13-19(15-31)25(33)32-22-10-6-4-8-20(22)26(28,29)30/h3-14H,2,16H2,1H3,(H,32,33)/b19-13+. The van der Waals surface area contributed by atoms with Crippen LogP contribution in [0.3, 0.4) is 0 Å². The number of hydrogen-bond acceptors (Lipinski definition) is 4. The van der Waals surface area contributed by atoms with Crippen molar-refractivity contribution in [3.8, 4) is 17.6 Å². The van der Waals surface area contributed by atoms with Crippen LogP contribution in [0.5, 0.6) is 11.5 Å². The minimum atomic E-state index is -4.66. The summed E-state index contributed by atoms with van der Waals surface area (Å²) in [5.74, 6) is -0.180. The maximum Gasteiger partial charge on any atom is 0.418 e. The zero-order valence-electron chi connectivity index (χ0n) is 18.5. The Labute approximate surface area is 205 Å². The topological polar surface area (TPSA) is 71.3 Å². The Balaban J connectivity index is 1.83. The molecule has 0 saturated carbocycles. The van der Waals surface area contributed by atoms with Crippen LogP contribution in [-0.2, 0) is 17.6 Å². The number of amides is 1. The molecule has 35 heavy (non-hydrogen) atoms. The predicted octanol–water partition coefficient (Wildman–Crippen LogP) is 6.88. The summed E-state index contributed by atoms with van der Waals surface area (Å²) < 4.78 is 51.1. The van der Waals surface area contributed by atoms with Gasteiger partial charge >= 0.3 is 6.18 Å². The Bertz CT molecular complexity index is 1280. The van der Waals surface area contributed by atoms with E-state index in [-0.39, 0.29) is 12.2 Å². The van der Waals surface area contributed by atoms with E-state index < -0.39 is 23.3 Å². The van der Waals surface area contributed by atoms with Gasteiger partial charge in [0, 0.05) is 10.6 Å². The molecule has 3 aromatic rings. The first-order valence-corrected chi connectivity index (χ1v) is 10.8. The number of nitrogens with one attached hydrogen (secondary N) is 1. The highest BCUT2D eigenvalue weighted by Crippen LogP contribution is 2.35. The van der Waals surface area contributed by atoms with E-state index in [9.17, 15) is 23.2 Å². The molecule has 0 aliphatic rings. The van der Waals surface area contributed by atoms with E-state index in [2.05, 4.69) is 5.32 Å². The van der Waals surface area contributed by atoms with Crippen molar-refractivity contribution in [2.45, 2.75) is 19.7 Å². The van der Waals surface area contributed by atoms with E-state index in [1.54, 1.807) is 37.3 Å². The minimum Gasteiger partial charge on any atom is -0.490 e. The van der Waals surface area contributed by atoms with Crippen molar-refractivity contribution in [3.63, 3.8) is 0 Å². The van der Waals surface area contributed by atoms with Gasteiger partial charge in [0.2, 0.25) is 0 Å². The minimum absolute atomic E-state index is 0.194. The van der Waals surface area contributed by atoms with Crippen molar-refractivity contribution in [2.24, 2.45) is 0 Å². The number of anilines is 1. The van der Waals surface area contributed by atoms with Gasteiger partial charge in [0.25, 0.3) is 5.91 Å². The number of hydrogen-bond donors (Lipinski definition) is 1. The number of halogens is 4. The molecule has 3 aromatic carbocycles. The second-order valence-electron chi connectivity index (χ2n) is 7.19. The quantitative estimate of drug-likeness (QED) is 0.270. The number of benzene rings is 3. The summed E-state index contributed by atoms with van der Waals surface area (Å²) in [6.07, 6.45) is -3.40. The second kappa shape index (κ2) is 11.4. The number of alkyl halides is 3. The average molecular weight is 501 g/mol. The number of para-hydroxylation sites is 1. The molecule has 0 spiro atoms. The molecule has 0 bridgehead atoms. The highest BCUT2D eigenvalue weighted by Gasteiger charge is 2.33. The van der Waals surface area contributed by atoms with E-state index in [0.29, 0.717) is 28.7 Å². The summed E-state index contributed by atoms with van der Waals surface area (Å²) >= 11 is 6.16. The molecule has 1 N–H and O–H groups in total. The van der Waals surface area contributed by atoms with Crippen LogP contribution in [0.2, 0.25) is 5.02 Å². The fourth-order valence-corrected chi connectivity index (χ4v) is 3.31. The molecule has 0 aliphatic carbocycles. The molecule has 9 heteroatoms. The number of nitriles is 1. The van der Waals surface area contributed by atoms with Crippen LogP contribution in [0.1, 0.15) is 23.6 Å². The number of rotatable bonds is 8. The molecular weight excluding hydrogens is 481 g/mol. The number of ether oxygens (including phenoxy) is 2. The van der Waals surface area contributed by atoms with Gasteiger partial charge in [0.05, 0.1) is 17.9 Å². The second-order valence-corrected chi connectivity index (χ2v) is 7.59. The van der Waals surface area contributed by atoms with Crippen LogP contribution in [0, 0.1) is 11.3 Å². The molecule has 5 nitrogen and oxygen atoms in total. The third kappa shape index (κ3) is 6.78. The Hall–Kier alpha value is -3.96. The van der Waals surface area contributed by atoms with Crippen LogP contribution in [0.15, 0.2) is 72.3 Å². The number of nitrogens with zero attached hydrogens (tertiary/aromatic N) is 1. The van der Waals surface area contributed by atoms with Crippen LogP contribution in [0.25, 0.3) is 6.08 Å². The van der Waals surface area contributed by atoms with E-state index >= 15 is 0 Å². The molecule has 0 unspecified atom stereocenters. The Morgan fingerprint density at radius 1 is 1.06 bits per heavy atom. The molecule has 0 fully saturated rings. The number of carbonyl (C=O) groups excluding carboxylic acids is 1. The smallest absolute Gasteiger partial charge is 0.418 e. The van der Waals surface area contributed by atoms with Gasteiger partial charge in [-0.05, 0) is 48.9 Å². The summed E-state index contributed by atoms with van der Waals surface area (Å²) in [5, 5.41) is 12.2. The molecule has 0 aliphatic heterocycles.